The molecule has 0 aromatic heterocycles. The summed E-state index contributed by atoms with van der Waals surface area (Å²) in [4.78, 5) is 0. The summed E-state index contributed by atoms with van der Waals surface area (Å²) in [5.41, 5.74) is 4.53. The van der Waals surface area contributed by atoms with Gasteiger partial charge in [-0.3, -0.25) is 0 Å². The van der Waals surface area contributed by atoms with Crippen molar-refractivity contribution in [2.24, 2.45) is 0 Å². The first-order valence-corrected chi connectivity index (χ1v) is 6.06. The highest BCUT2D eigenvalue weighted by Crippen LogP contribution is 2.25. The zero-order valence-electron chi connectivity index (χ0n) is 10.4. The second kappa shape index (κ2) is 5.05. The number of phenols is 1. The predicted octanol–water partition coefficient (Wildman–Crippen LogP) is 3.85. The maximum Gasteiger partial charge on any atom is 0.122 e. The molecule has 0 bridgehead atoms. The molecule has 88 valence electrons. The van der Waals surface area contributed by atoms with Crippen molar-refractivity contribution >= 4 is 0 Å². The first-order chi connectivity index (χ1) is 8.20. The van der Waals surface area contributed by atoms with Crippen molar-refractivity contribution in [1.29, 1.82) is 0 Å². The number of aryl methyl sites for hydroxylation is 2. The molecule has 0 fully saturated rings. The summed E-state index contributed by atoms with van der Waals surface area (Å²) in [6.07, 6.45) is 1.66. The normalized spacial score (nSPS) is 10.5. The van der Waals surface area contributed by atoms with Gasteiger partial charge in [-0.25, -0.2) is 0 Å². The molecule has 0 aliphatic heterocycles. The number of benzene rings is 2. The fourth-order valence-corrected chi connectivity index (χ4v) is 2.11. The topological polar surface area (TPSA) is 20.2 Å². The van der Waals surface area contributed by atoms with Gasteiger partial charge in [0.05, 0.1) is 0 Å². The predicted molar refractivity (Wildman–Crippen MR) is 71.5 cm³/mol. The lowest BCUT2D eigenvalue weighted by atomic mass is 9.99. The molecule has 0 aliphatic carbocycles. The largest absolute Gasteiger partial charge is 0.507 e. The van der Waals surface area contributed by atoms with E-state index in [4.69, 9.17) is 0 Å². The fraction of sp³-hybridized carbons (Fsp3) is 0.250. The van der Waals surface area contributed by atoms with E-state index in [1.54, 1.807) is 0 Å². The van der Waals surface area contributed by atoms with Gasteiger partial charge in [0.25, 0.3) is 0 Å². The molecule has 1 heteroatoms. The molecular formula is C16H18O. The summed E-state index contributed by atoms with van der Waals surface area (Å²) in [6, 6.07) is 14.4. The van der Waals surface area contributed by atoms with E-state index in [2.05, 4.69) is 38.1 Å². The van der Waals surface area contributed by atoms with Crippen LogP contribution in [0.2, 0.25) is 0 Å². The summed E-state index contributed by atoms with van der Waals surface area (Å²) in [5, 5.41) is 10.1. The van der Waals surface area contributed by atoms with Crippen LogP contribution in [0, 0.1) is 6.92 Å². The van der Waals surface area contributed by atoms with Gasteiger partial charge in [-0.2, -0.15) is 0 Å². The molecule has 1 nitrogen and oxygen atoms in total. The third-order valence-corrected chi connectivity index (χ3v) is 3.06. The van der Waals surface area contributed by atoms with Crippen LogP contribution in [0.1, 0.15) is 29.2 Å². The van der Waals surface area contributed by atoms with E-state index in [9.17, 15) is 5.11 Å². The minimum Gasteiger partial charge on any atom is -0.507 e. The highest BCUT2D eigenvalue weighted by molar-refractivity contribution is 5.43. The number of rotatable bonds is 3. The first kappa shape index (κ1) is 11.7. The average Bonchev–Trinajstić information content (AvgIpc) is 2.32. The van der Waals surface area contributed by atoms with Crippen LogP contribution in [0.4, 0.5) is 0 Å². The van der Waals surface area contributed by atoms with Crippen molar-refractivity contribution in [2.45, 2.75) is 26.7 Å². The van der Waals surface area contributed by atoms with Crippen molar-refractivity contribution < 1.29 is 5.11 Å². The van der Waals surface area contributed by atoms with Crippen LogP contribution in [0.25, 0.3) is 0 Å². The highest BCUT2D eigenvalue weighted by Gasteiger charge is 2.06. The van der Waals surface area contributed by atoms with E-state index >= 15 is 0 Å². The number of hydrogen-bond donors (Lipinski definition) is 1. The van der Waals surface area contributed by atoms with E-state index < -0.39 is 0 Å². The monoisotopic (exact) mass is 226 g/mol. The van der Waals surface area contributed by atoms with Crippen LogP contribution in [0.3, 0.4) is 0 Å². The number of para-hydroxylation sites is 1. The lowest BCUT2D eigenvalue weighted by Crippen LogP contribution is -1.92. The highest BCUT2D eigenvalue weighted by atomic mass is 16.3. The molecule has 0 amide bonds. The molecule has 0 aliphatic rings. The van der Waals surface area contributed by atoms with Gasteiger partial charge in [-0.15, -0.1) is 0 Å². The zero-order valence-corrected chi connectivity index (χ0v) is 10.4. The Hall–Kier alpha value is -1.76. The summed E-state index contributed by atoms with van der Waals surface area (Å²) in [7, 11) is 0. The van der Waals surface area contributed by atoms with E-state index in [1.807, 2.05) is 18.2 Å². The van der Waals surface area contributed by atoms with E-state index in [0.717, 1.165) is 24.0 Å². The van der Waals surface area contributed by atoms with Gasteiger partial charge in [0, 0.05) is 6.42 Å². The van der Waals surface area contributed by atoms with Crippen LogP contribution < -0.4 is 0 Å². The summed E-state index contributed by atoms with van der Waals surface area (Å²) < 4.78 is 0. The van der Waals surface area contributed by atoms with Crippen molar-refractivity contribution in [3.05, 3.63) is 64.7 Å². The summed E-state index contributed by atoms with van der Waals surface area (Å²) in [6.45, 7) is 4.15. The zero-order chi connectivity index (χ0) is 12.3. The van der Waals surface area contributed by atoms with Gasteiger partial charge in [0.1, 0.15) is 5.75 Å². The SMILES string of the molecule is CCc1cccc(Cc2cccc(C)c2)c1O. The number of aromatic hydroxyl groups is 1. The van der Waals surface area contributed by atoms with Crippen molar-refractivity contribution in [3.8, 4) is 5.75 Å². The van der Waals surface area contributed by atoms with Gasteiger partial charge in [0.15, 0.2) is 0 Å². The van der Waals surface area contributed by atoms with E-state index in [-0.39, 0.29) is 0 Å². The minimum absolute atomic E-state index is 0.455. The Bertz CT molecular complexity index is 515. The minimum atomic E-state index is 0.455. The molecule has 17 heavy (non-hydrogen) atoms. The lowest BCUT2D eigenvalue weighted by molar-refractivity contribution is 0.463. The quantitative estimate of drug-likeness (QED) is 0.842. The van der Waals surface area contributed by atoms with Gasteiger partial charge >= 0.3 is 0 Å². The lowest BCUT2D eigenvalue weighted by Gasteiger charge is -2.09. The molecule has 0 radical (unpaired) electrons. The Kier molecular flexibility index (Phi) is 3.48. The molecule has 1 N–H and O–H groups in total. The molecule has 0 saturated carbocycles. The maximum absolute atomic E-state index is 10.1. The van der Waals surface area contributed by atoms with E-state index in [0.29, 0.717) is 5.75 Å². The number of phenolic OH excluding ortho intramolecular Hbond substituents is 1. The third kappa shape index (κ3) is 2.68. The van der Waals surface area contributed by atoms with Crippen LogP contribution >= 0.6 is 0 Å². The Labute approximate surface area is 103 Å². The average molecular weight is 226 g/mol. The van der Waals surface area contributed by atoms with Crippen LogP contribution in [-0.2, 0) is 12.8 Å². The molecule has 0 unspecified atom stereocenters. The molecule has 2 rings (SSSR count). The summed E-state index contributed by atoms with van der Waals surface area (Å²) in [5.74, 6) is 0.455. The Morgan fingerprint density at radius 3 is 2.41 bits per heavy atom. The first-order valence-electron chi connectivity index (χ1n) is 6.06. The standard InChI is InChI=1S/C16H18O/c1-3-14-8-5-9-15(16(14)17)11-13-7-4-6-12(2)10-13/h4-10,17H,3,11H2,1-2H3. The van der Waals surface area contributed by atoms with Crippen molar-refractivity contribution in [1.82, 2.24) is 0 Å². The molecule has 2 aromatic carbocycles. The second-order valence-corrected chi connectivity index (χ2v) is 4.44. The number of hydrogen-bond acceptors (Lipinski definition) is 1. The Morgan fingerprint density at radius 1 is 1.00 bits per heavy atom. The van der Waals surface area contributed by atoms with Crippen LogP contribution in [0.15, 0.2) is 42.5 Å². The Morgan fingerprint density at radius 2 is 1.71 bits per heavy atom. The van der Waals surface area contributed by atoms with Crippen molar-refractivity contribution in [2.75, 3.05) is 0 Å². The summed E-state index contributed by atoms with van der Waals surface area (Å²) >= 11 is 0. The molecule has 0 atom stereocenters. The third-order valence-electron chi connectivity index (χ3n) is 3.06. The van der Waals surface area contributed by atoms with Gasteiger partial charge in [-0.05, 0) is 30.0 Å². The Balaban J connectivity index is 2.30. The molecular weight excluding hydrogens is 208 g/mol. The molecule has 0 spiro atoms. The van der Waals surface area contributed by atoms with Gasteiger partial charge < -0.3 is 5.11 Å². The van der Waals surface area contributed by atoms with Crippen LogP contribution in [-0.4, -0.2) is 5.11 Å². The van der Waals surface area contributed by atoms with E-state index in [1.165, 1.54) is 11.1 Å². The molecule has 0 saturated heterocycles. The van der Waals surface area contributed by atoms with Gasteiger partial charge in [0.2, 0.25) is 0 Å². The van der Waals surface area contributed by atoms with Crippen LogP contribution in [0.5, 0.6) is 5.75 Å². The fourth-order valence-electron chi connectivity index (χ4n) is 2.11. The van der Waals surface area contributed by atoms with Gasteiger partial charge in [-0.1, -0.05) is 55.0 Å². The molecule has 0 heterocycles. The molecule has 2 aromatic rings. The second-order valence-electron chi connectivity index (χ2n) is 4.44. The smallest absolute Gasteiger partial charge is 0.122 e. The maximum atomic E-state index is 10.1. The van der Waals surface area contributed by atoms with Crippen molar-refractivity contribution in [3.63, 3.8) is 0 Å².